The summed E-state index contributed by atoms with van der Waals surface area (Å²) in [7, 11) is -3.83. The van der Waals surface area contributed by atoms with E-state index in [1.165, 1.54) is 0 Å². The van der Waals surface area contributed by atoms with Gasteiger partial charge in [-0.3, -0.25) is 4.79 Å². The Labute approximate surface area is 134 Å². The lowest BCUT2D eigenvalue weighted by atomic mass is 10.1. The fraction of sp³-hybridized carbons (Fsp3) is 0.500. The molecule has 8 heteroatoms. The molecule has 0 bridgehead atoms. The molecule has 1 amide bonds. The second kappa shape index (κ2) is 6.52. The number of hydrogen-bond donors (Lipinski definition) is 2. The van der Waals surface area contributed by atoms with Gasteiger partial charge in [0.2, 0.25) is 15.9 Å². The standard InChI is InChI=1S/C14H18ClFN2O3S/c1-8(2)5-14(19)17-12-7-13(10(15)6-11(12)16)22(20,21)18-9-3-4-9/h6-9,18H,3-5H2,1-2H3,(H,17,19). The van der Waals surface area contributed by atoms with Gasteiger partial charge in [0, 0.05) is 12.5 Å². The minimum atomic E-state index is -3.83. The van der Waals surface area contributed by atoms with Crippen LogP contribution in [0.3, 0.4) is 0 Å². The lowest BCUT2D eigenvalue weighted by Crippen LogP contribution is -2.26. The Morgan fingerprint density at radius 3 is 2.59 bits per heavy atom. The normalized spacial score (nSPS) is 15.1. The molecule has 0 radical (unpaired) electrons. The molecular formula is C14H18ClFN2O3S. The van der Waals surface area contributed by atoms with Crippen molar-refractivity contribution < 1.29 is 17.6 Å². The van der Waals surface area contributed by atoms with Gasteiger partial charge in [-0.2, -0.15) is 0 Å². The zero-order valence-electron chi connectivity index (χ0n) is 12.3. The van der Waals surface area contributed by atoms with Crippen molar-refractivity contribution in [1.82, 2.24) is 4.72 Å². The van der Waals surface area contributed by atoms with Crippen LogP contribution in [0.5, 0.6) is 0 Å². The molecule has 2 N–H and O–H groups in total. The number of amides is 1. The smallest absolute Gasteiger partial charge is 0.242 e. The van der Waals surface area contributed by atoms with E-state index >= 15 is 0 Å². The van der Waals surface area contributed by atoms with Crippen LogP contribution >= 0.6 is 11.6 Å². The summed E-state index contributed by atoms with van der Waals surface area (Å²) in [5, 5.41) is 2.17. The molecule has 5 nitrogen and oxygen atoms in total. The molecule has 0 atom stereocenters. The van der Waals surface area contributed by atoms with Crippen molar-refractivity contribution in [2.75, 3.05) is 5.32 Å². The van der Waals surface area contributed by atoms with Crippen LogP contribution in [0.4, 0.5) is 10.1 Å². The van der Waals surface area contributed by atoms with Gasteiger partial charge in [-0.15, -0.1) is 0 Å². The number of carbonyl (C=O) groups is 1. The minimum absolute atomic E-state index is 0.0925. The summed E-state index contributed by atoms with van der Waals surface area (Å²) in [6.45, 7) is 3.71. The Morgan fingerprint density at radius 1 is 1.41 bits per heavy atom. The summed E-state index contributed by atoms with van der Waals surface area (Å²) in [6.07, 6.45) is 1.76. The lowest BCUT2D eigenvalue weighted by molar-refractivity contribution is -0.116. The molecule has 0 aliphatic heterocycles. The van der Waals surface area contributed by atoms with Crippen molar-refractivity contribution in [3.05, 3.63) is 23.0 Å². The van der Waals surface area contributed by atoms with Crippen molar-refractivity contribution >= 4 is 33.2 Å². The van der Waals surface area contributed by atoms with Gasteiger partial charge in [0.1, 0.15) is 10.7 Å². The SMILES string of the molecule is CC(C)CC(=O)Nc1cc(S(=O)(=O)NC2CC2)c(Cl)cc1F. The maximum atomic E-state index is 13.9. The summed E-state index contributed by atoms with van der Waals surface area (Å²) < 4.78 is 40.7. The van der Waals surface area contributed by atoms with E-state index in [1.807, 2.05) is 13.8 Å². The molecule has 0 unspecified atom stereocenters. The zero-order chi connectivity index (χ0) is 16.5. The quantitative estimate of drug-likeness (QED) is 0.830. The first kappa shape index (κ1) is 17.2. The highest BCUT2D eigenvalue weighted by Gasteiger charge is 2.30. The number of rotatable bonds is 6. The molecule has 122 valence electrons. The number of halogens is 2. The van der Waals surface area contributed by atoms with E-state index in [0.717, 1.165) is 25.0 Å². The third-order valence-electron chi connectivity index (χ3n) is 3.08. The number of sulfonamides is 1. The zero-order valence-corrected chi connectivity index (χ0v) is 13.9. The van der Waals surface area contributed by atoms with Gasteiger partial charge in [0.15, 0.2) is 0 Å². The van der Waals surface area contributed by atoms with Gasteiger partial charge < -0.3 is 5.32 Å². The van der Waals surface area contributed by atoms with E-state index in [4.69, 9.17) is 11.6 Å². The van der Waals surface area contributed by atoms with Crippen LogP contribution in [0.2, 0.25) is 5.02 Å². The van der Waals surface area contributed by atoms with E-state index in [2.05, 4.69) is 10.0 Å². The fourth-order valence-electron chi connectivity index (χ4n) is 1.89. The van der Waals surface area contributed by atoms with Gasteiger partial charge in [-0.05, 0) is 30.9 Å². The van der Waals surface area contributed by atoms with Crippen molar-refractivity contribution in [2.24, 2.45) is 5.92 Å². The Balaban J connectivity index is 2.28. The van der Waals surface area contributed by atoms with Crippen LogP contribution < -0.4 is 10.0 Å². The van der Waals surface area contributed by atoms with Crippen LogP contribution in [0, 0.1) is 11.7 Å². The molecule has 0 aromatic heterocycles. The van der Waals surface area contributed by atoms with Crippen molar-refractivity contribution in [2.45, 2.75) is 44.0 Å². The third-order valence-corrected chi connectivity index (χ3v) is 5.06. The Bertz CT molecular complexity index is 688. The van der Waals surface area contributed by atoms with Crippen LogP contribution in [0.1, 0.15) is 33.1 Å². The Hall–Kier alpha value is -1.18. The van der Waals surface area contributed by atoms with E-state index < -0.39 is 15.8 Å². The Kier molecular flexibility index (Phi) is 5.09. The van der Waals surface area contributed by atoms with E-state index in [0.29, 0.717) is 0 Å². The second-order valence-electron chi connectivity index (χ2n) is 5.80. The third kappa shape index (κ3) is 4.41. The molecule has 2 rings (SSSR count). The molecule has 0 heterocycles. The summed E-state index contributed by atoms with van der Waals surface area (Å²) in [5.74, 6) is -1.04. The molecule has 0 saturated heterocycles. The maximum Gasteiger partial charge on any atom is 0.242 e. The first-order chi connectivity index (χ1) is 10.2. The average molecular weight is 349 g/mol. The van der Waals surface area contributed by atoms with Crippen LogP contribution in [-0.2, 0) is 14.8 Å². The topological polar surface area (TPSA) is 75.3 Å². The highest BCUT2D eigenvalue weighted by atomic mass is 35.5. The summed E-state index contributed by atoms with van der Waals surface area (Å²) in [5.41, 5.74) is -0.189. The predicted molar refractivity (Wildman–Crippen MR) is 82.8 cm³/mol. The number of nitrogens with one attached hydrogen (secondary N) is 2. The van der Waals surface area contributed by atoms with Crippen LogP contribution in [0.15, 0.2) is 17.0 Å². The van der Waals surface area contributed by atoms with Gasteiger partial charge in [-0.1, -0.05) is 25.4 Å². The minimum Gasteiger partial charge on any atom is -0.324 e. The van der Waals surface area contributed by atoms with Gasteiger partial charge in [0.05, 0.1) is 10.7 Å². The molecule has 1 aromatic rings. The lowest BCUT2D eigenvalue weighted by Gasteiger charge is -2.12. The average Bonchev–Trinajstić information content (AvgIpc) is 3.14. The van der Waals surface area contributed by atoms with Crippen molar-refractivity contribution in [1.29, 1.82) is 0 Å². The largest absolute Gasteiger partial charge is 0.324 e. The van der Waals surface area contributed by atoms with Gasteiger partial charge >= 0.3 is 0 Å². The second-order valence-corrected chi connectivity index (χ2v) is 7.89. The van der Waals surface area contributed by atoms with Crippen LogP contribution in [-0.4, -0.2) is 20.4 Å². The first-order valence-electron chi connectivity index (χ1n) is 7.00. The highest BCUT2D eigenvalue weighted by molar-refractivity contribution is 7.89. The molecule has 1 saturated carbocycles. The number of benzene rings is 1. The molecule has 1 aliphatic carbocycles. The summed E-state index contributed by atoms with van der Waals surface area (Å²) in [6, 6.07) is 1.86. The molecule has 0 spiro atoms. The Morgan fingerprint density at radius 2 is 2.05 bits per heavy atom. The fourth-order valence-corrected chi connectivity index (χ4v) is 3.73. The maximum absolute atomic E-state index is 13.9. The van der Waals surface area contributed by atoms with Crippen molar-refractivity contribution in [3.8, 4) is 0 Å². The van der Waals surface area contributed by atoms with Gasteiger partial charge in [-0.25, -0.2) is 17.5 Å². The van der Waals surface area contributed by atoms with E-state index in [1.54, 1.807) is 0 Å². The molecule has 1 aliphatic rings. The molecule has 22 heavy (non-hydrogen) atoms. The molecule has 1 fully saturated rings. The van der Waals surface area contributed by atoms with Gasteiger partial charge in [0.25, 0.3) is 0 Å². The van der Waals surface area contributed by atoms with E-state index in [9.17, 15) is 17.6 Å². The summed E-state index contributed by atoms with van der Waals surface area (Å²) in [4.78, 5) is 11.5. The number of hydrogen-bond acceptors (Lipinski definition) is 3. The highest BCUT2D eigenvalue weighted by Crippen LogP contribution is 2.30. The molecular weight excluding hydrogens is 331 g/mol. The van der Waals surface area contributed by atoms with E-state index in [-0.39, 0.29) is 39.9 Å². The van der Waals surface area contributed by atoms with Crippen LogP contribution in [0.25, 0.3) is 0 Å². The predicted octanol–water partition coefficient (Wildman–Crippen LogP) is 2.90. The van der Waals surface area contributed by atoms with Crippen molar-refractivity contribution in [3.63, 3.8) is 0 Å². The number of anilines is 1. The molecule has 1 aromatic carbocycles. The first-order valence-corrected chi connectivity index (χ1v) is 8.86. The monoisotopic (exact) mass is 348 g/mol. The number of carbonyl (C=O) groups excluding carboxylic acids is 1. The summed E-state index contributed by atoms with van der Waals surface area (Å²) >= 11 is 5.84.